The first kappa shape index (κ1) is 26.9. The molecule has 3 N–H and O–H groups in total. The number of rotatable bonds is 8. The summed E-state index contributed by atoms with van der Waals surface area (Å²) in [7, 11) is 4.01. The Balaban J connectivity index is 1.11. The molecule has 2 aliphatic rings. The molecule has 0 bridgehead atoms. The highest BCUT2D eigenvalue weighted by atomic mass is 16.2. The largest absolute Gasteiger partial charge is 0.362 e. The lowest BCUT2D eigenvalue weighted by molar-refractivity contribution is -0.126. The van der Waals surface area contributed by atoms with Crippen LogP contribution < -0.4 is 20.9 Å². The molecule has 8 nitrogen and oxygen atoms in total. The van der Waals surface area contributed by atoms with E-state index in [1.165, 1.54) is 0 Å². The Kier molecular flexibility index (Phi) is 8.59. The maximum absolute atomic E-state index is 13.2. The van der Waals surface area contributed by atoms with Gasteiger partial charge in [-0.1, -0.05) is 43.2 Å². The molecule has 3 aromatic rings. The molecule has 1 aromatic heterocycles. The highest BCUT2D eigenvalue weighted by Gasteiger charge is 2.33. The van der Waals surface area contributed by atoms with Gasteiger partial charge < -0.3 is 20.9 Å². The molecule has 0 unspecified atom stereocenters. The standard InChI is InChI=1S/C31H40N6O2/c1-37(2)28-24-12-6-8-14-26(24)35-31(36-28)33-23-18-16-21(17-19-23)20-32-30(39)25-13-7-9-15-27(25)34-29(38)22-10-4-3-5-11-22/h3-6,8,10-12,14,21,23,25,27H,7,9,13,15-20H2,1-2H3,(H,32,39)(H,34,38)(H,33,35,36)/t21-,23+,25-,27+/m1/s1. The molecular weight excluding hydrogens is 488 g/mol. The quantitative estimate of drug-likeness (QED) is 0.390. The van der Waals surface area contributed by atoms with Crippen molar-refractivity contribution in [3.05, 3.63) is 60.2 Å². The van der Waals surface area contributed by atoms with E-state index in [2.05, 4.69) is 22.0 Å². The molecule has 2 fully saturated rings. The minimum atomic E-state index is -0.166. The van der Waals surface area contributed by atoms with Gasteiger partial charge in [-0.25, -0.2) is 4.98 Å². The Bertz CT molecular complexity index is 1270. The average Bonchev–Trinajstić information content (AvgIpc) is 2.97. The molecule has 0 saturated heterocycles. The third-order valence-corrected chi connectivity index (χ3v) is 8.21. The van der Waals surface area contributed by atoms with Crippen molar-refractivity contribution >= 4 is 34.5 Å². The first-order valence-electron chi connectivity index (χ1n) is 14.3. The second-order valence-electron chi connectivity index (χ2n) is 11.2. The van der Waals surface area contributed by atoms with Gasteiger partial charge in [-0.3, -0.25) is 9.59 Å². The number of para-hydroxylation sites is 1. The van der Waals surface area contributed by atoms with Gasteiger partial charge in [0.15, 0.2) is 0 Å². The molecule has 0 spiro atoms. The van der Waals surface area contributed by atoms with Crippen LogP contribution in [0.4, 0.5) is 11.8 Å². The van der Waals surface area contributed by atoms with Crippen LogP contribution in [-0.2, 0) is 4.79 Å². The number of anilines is 2. The van der Waals surface area contributed by atoms with Crippen LogP contribution in [0.15, 0.2) is 54.6 Å². The number of amides is 2. The van der Waals surface area contributed by atoms with Crippen molar-refractivity contribution in [3.8, 4) is 0 Å². The van der Waals surface area contributed by atoms with E-state index in [9.17, 15) is 9.59 Å². The molecule has 206 valence electrons. The van der Waals surface area contributed by atoms with E-state index in [4.69, 9.17) is 9.97 Å². The normalized spacial score (nSPS) is 23.1. The summed E-state index contributed by atoms with van der Waals surface area (Å²) in [5.74, 6) is 1.87. The summed E-state index contributed by atoms with van der Waals surface area (Å²) < 4.78 is 0. The molecule has 2 atom stereocenters. The summed E-state index contributed by atoms with van der Waals surface area (Å²) in [6.07, 6.45) is 7.87. The maximum Gasteiger partial charge on any atom is 0.251 e. The minimum absolute atomic E-state index is 0.0779. The lowest BCUT2D eigenvalue weighted by atomic mass is 9.83. The molecule has 1 heterocycles. The van der Waals surface area contributed by atoms with E-state index in [1.807, 2.05) is 67.5 Å². The number of fused-ring (bicyclic) bond motifs is 1. The van der Waals surface area contributed by atoms with Crippen molar-refractivity contribution in [2.45, 2.75) is 63.5 Å². The smallest absolute Gasteiger partial charge is 0.251 e. The zero-order valence-electron chi connectivity index (χ0n) is 23.0. The van der Waals surface area contributed by atoms with Crippen molar-refractivity contribution in [2.75, 3.05) is 30.9 Å². The van der Waals surface area contributed by atoms with Crippen molar-refractivity contribution in [1.29, 1.82) is 0 Å². The number of benzene rings is 2. The monoisotopic (exact) mass is 528 g/mol. The van der Waals surface area contributed by atoms with Crippen LogP contribution in [0.3, 0.4) is 0 Å². The Morgan fingerprint density at radius 3 is 2.36 bits per heavy atom. The summed E-state index contributed by atoms with van der Waals surface area (Å²) in [4.78, 5) is 37.4. The highest BCUT2D eigenvalue weighted by molar-refractivity contribution is 5.95. The third-order valence-electron chi connectivity index (χ3n) is 8.21. The fourth-order valence-electron chi connectivity index (χ4n) is 5.99. The van der Waals surface area contributed by atoms with Gasteiger partial charge in [0.05, 0.1) is 11.4 Å². The summed E-state index contributed by atoms with van der Waals surface area (Å²) in [6.45, 7) is 0.693. The van der Waals surface area contributed by atoms with E-state index in [1.54, 1.807) is 0 Å². The Morgan fingerprint density at radius 2 is 1.59 bits per heavy atom. The lowest BCUT2D eigenvalue weighted by Gasteiger charge is -2.33. The van der Waals surface area contributed by atoms with Gasteiger partial charge in [0.25, 0.3) is 5.91 Å². The predicted octanol–water partition coefficient (Wildman–Crippen LogP) is 4.77. The maximum atomic E-state index is 13.2. The molecule has 2 aromatic carbocycles. The molecule has 2 amide bonds. The molecule has 2 saturated carbocycles. The van der Waals surface area contributed by atoms with Crippen LogP contribution in [0, 0.1) is 11.8 Å². The number of nitrogens with zero attached hydrogens (tertiary/aromatic N) is 3. The Hall–Kier alpha value is -3.68. The van der Waals surface area contributed by atoms with Gasteiger partial charge in [-0.2, -0.15) is 4.98 Å². The predicted molar refractivity (Wildman–Crippen MR) is 156 cm³/mol. The van der Waals surface area contributed by atoms with Gasteiger partial charge in [-0.15, -0.1) is 0 Å². The second kappa shape index (κ2) is 12.5. The van der Waals surface area contributed by atoms with Crippen LogP contribution in [0.25, 0.3) is 10.9 Å². The van der Waals surface area contributed by atoms with Crippen molar-refractivity contribution in [2.24, 2.45) is 11.8 Å². The van der Waals surface area contributed by atoms with Crippen molar-refractivity contribution < 1.29 is 9.59 Å². The number of carbonyl (C=O) groups is 2. The zero-order valence-corrected chi connectivity index (χ0v) is 23.0. The number of hydrogen-bond acceptors (Lipinski definition) is 6. The summed E-state index contributed by atoms with van der Waals surface area (Å²) in [5, 5.41) is 11.0. The van der Waals surface area contributed by atoms with E-state index >= 15 is 0 Å². The van der Waals surface area contributed by atoms with Crippen LogP contribution in [0.2, 0.25) is 0 Å². The first-order chi connectivity index (χ1) is 19.0. The number of aromatic nitrogens is 2. The fourth-order valence-corrected chi connectivity index (χ4v) is 5.99. The molecule has 39 heavy (non-hydrogen) atoms. The molecule has 0 aliphatic heterocycles. The van der Waals surface area contributed by atoms with Crippen molar-refractivity contribution in [1.82, 2.24) is 20.6 Å². The second-order valence-corrected chi connectivity index (χ2v) is 11.2. The van der Waals surface area contributed by atoms with Crippen LogP contribution in [0.1, 0.15) is 61.7 Å². The van der Waals surface area contributed by atoms with Crippen LogP contribution in [0.5, 0.6) is 0 Å². The van der Waals surface area contributed by atoms with Gasteiger partial charge in [-0.05, 0) is 68.7 Å². The van der Waals surface area contributed by atoms with Gasteiger partial charge in [0.2, 0.25) is 11.9 Å². The topological polar surface area (TPSA) is 99.3 Å². The molecule has 0 radical (unpaired) electrons. The van der Waals surface area contributed by atoms with E-state index < -0.39 is 0 Å². The first-order valence-corrected chi connectivity index (χ1v) is 14.3. The van der Waals surface area contributed by atoms with E-state index in [0.717, 1.165) is 68.1 Å². The van der Waals surface area contributed by atoms with E-state index in [-0.39, 0.29) is 23.8 Å². The van der Waals surface area contributed by atoms with Gasteiger partial charge in [0.1, 0.15) is 5.82 Å². The number of carbonyl (C=O) groups excluding carboxylic acids is 2. The van der Waals surface area contributed by atoms with Crippen molar-refractivity contribution in [3.63, 3.8) is 0 Å². The zero-order chi connectivity index (χ0) is 27.2. The average molecular weight is 529 g/mol. The molecule has 8 heteroatoms. The summed E-state index contributed by atoms with van der Waals surface area (Å²) >= 11 is 0. The molecule has 2 aliphatic carbocycles. The summed E-state index contributed by atoms with van der Waals surface area (Å²) in [5.41, 5.74) is 1.58. The third kappa shape index (κ3) is 6.67. The Morgan fingerprint density at radius 1 is 0.872 bits per heavy atom. The lowest BCUT2D eigenvalue weighted by Crippen LogP contribution is -2.49. The molecular formula is C31H40N6O2. The van der Waals surface area contributed by atoms with E-state index in [0.29, 0.717) is 30.0 Å². The highest BCUT2D eigenvalue weighted by Crippen LogP contribution is 2.29. The van der Waals surface area contributed by atoms with Gasteiger partial charge >= 0.3 is 0 Å². The van der Waals surface area contributed by atoms with Crippen LogP contribution in [-0.4, -0.2) is 54.5 Å². The van der Waals surface area contributed by atoms with Crippen LogP contribution >= 0.6 is 0 Å². The number of hydrogen-bond donors (Lipinski definition) is 3. The Labute approximate surface area is 231 Å². The minimum Gasteiger partial charge on any atom is -0.362 e. The molecule has 5 rings (SSSR count). The fraction of sp³-hybridized carbons (Fsp3) is 0.484. The van der Waals surface area contributed by atoms with Gasteiger partial charge in [0, 0.05) is 43.7 Å². The number of nitrogens with one attached hydrogen (secondary N) is 3. The summed E-state index contributed by atoms with van der Waals surface area (Å²) in [6, 6.07) is 17.6. The SMILES string of the molecule is CN(C)c1nc(N[C@H]2CC[C@@H](CNC(=O)[C@@H]3CCCC[C@@H]3NC(=O)c3ccccc3)CC2)nc2ccccc12.